The highest BCUT2D eigenvalue weighted by Gasteiger charge is 2.37. The maximum atomic E-state index is 13.1. The molecule has 2 aromatic rings. The van der Waals surface area contributed by atoms with Gasteiger partial charge in [-0.15, -0.1) is 0 Å². The molecule has 1 saturated heterocycles. The van der Waals surface area contributed by atoms with Gasteiger partial charge in [-0.25, -0.2) is 9.97 Å². The number of amides is 1. The highest BCUT2D eigenvalue weighted by atomic mass is 19.4. The standard InChI is InChI=1S/C16H14F6N4O/c17-15(18,19)9-12(27)25-5-7-26(8-6-25)13-10-3-1-2-4-11(10)23-14(24-13)16(20,21)22/h1-4H,5-9H2. The Balaban J connectivity index is 1.84. The molecule has 0 saturated carbocycles. The van der Waals surface area contributed by atoms with Crippen LogP contribution in [-0.4, -0.2) is 53.1 Å². The number of aromatic nitrogens is 2. The highest BCUT2D eigenvalue weighted by molar-refractivity contribution is 5.89. The van der Waals surface area contributed by atoms with Crippen LogP contribution in [0.3, 0.4) is 0 Å². The van der Waals surface area contributed by atoms with Crippen LogP contribution < -0.4 is 4.90 Å². The smallest absolute Gasteiger partial charge is 0.352 e. The third-order valence-electron chi connectivity index (χ3n) is 4.12. The molecule has 1 aliphatic heterocycles. The third kappa shape index (κ3) is 4.40. The van der Waals surface area contributed by atoms with E-state index in [4.69, 9.17) is 0 Å². The van der Waals surface area contributed by atoms with Gasteiger partial charge in [-0.3, -0.25) is 4.79 Å². The second-order valence-corrected chi connectivity index (χ2v) is 6.05. The molecule has 0 N–H and O–H groups in total. The van der Waals surface area contributed by atoms with Crippen molar-refractivity contribution in [2.24, 2.45) is 0 Å². The lowest BCUT2D eigenvalue weighted by molar-refractivity contribution is -0.161. The molecule has 1 amide bonds. The van der Waals surface area contributed by atoms with Crippen molar-refractivity contribution in [3.05, 3.63) is 30.1 Å². The number of alkyl halides is 6. The van der Waals surface area contributed by atoms with Crippen LogP contribution in [0.5, 0.6) is 0 Å². The Bertz CT molecular complexity index is 843. The van der Waals surface area contributed by atoms with Crippen molar-refractivity contribution in [3.8, 4) is 0 Å². The number of fused-ring (bicyclic) bond motifs is 1. The lowest BCUT2D eigenvalue weighted by Crippen LogP contribution is -2.50. The van der Waals surface area contributed by atoms with E-state index in [-0.39, 0.29) is 37.5 Å². The van der Waals surface area contributed by atoms with Gasteiger partial charge in [-0.1, -0.05) is 12.1 Å². The van der Waals surface area contributed by atoms with E-state index in [1.807, 2.05) is 0 Å². The number of rotatable bonds is 2. The van der Waals surface area contributed by atoms with Crippen LogP contribution in [0.2, 0.25) is 0 Å². The van der Waals surface area contributed by atoms with Gasteiger partial charge in [0.05, 0.1) is 5.52 Å². The predicted octanol–water partition coefficient (Wildman–Crippen LogP) is 3.25. The number of hydrogen-bond acceptors (Lipinski definition) is 4. The molecule has 1 aromatic carbocycles. The van der Waals surface area contributed by atoms with Crippen LogP contribution >= 0.6 is 0 Å². The van der Waals surface area contributed by atoms with E-state index in [9.17, 15) is 31.1 Å². The van der Waals surface area contributed by atoms with E-state index in [1.165, 1.54) is 11.0 Å². The maximum Gasteiger partial charge on any atom is 0.451 e. The molecule has 3 rings (SSSR count). The molecule has 1 aromatic heterocycles. The van der Waals surface area contributed by atoms with Gasteiger partial charge < -0.3 is 9.80 Å². The number of hydrogen-bond donors (Lipinski definition) is 0. The molecule has 11 heteroatoms. The zero-order valence-corrected chi connectivity index (χ0v) is 13.8. The minimum absolute atomic E-state index is 0.0331. The first-order chi connectivity index (χ1) is 12.5. The largest absolute Gasteiger partial charge is 0.451 e. The molecule has 1 fully saturated rings. The van der Waals surface area contributed by atoms with Crippen molar-refractivity contribution in [2.45, 2.75) is 18.8 Å². The van der Waals surface area contributed by atoms with E-state index in [1.54, 1.807) is 18.2 Å². The lowest BCUT2D eigenvalue weighted by atomic mass is 10.2. The first-order valence-corrected chi connectivity index (χ1v) is 7.98. The summed E-state index contributed by atoms with van der Waals surface area (Å²) in [6.07, 6.45) is -10.9. The summed E-state index contributed by atoms with van der Waals surface area (Å²) in [7, 11) is 0. The molecule has 0 aliphatic carbocycles. The van der Waals surface area contributed by atoms with E-state index in [2.05, 4.69) is 9.97 Å². The van der Waals surface area contributed by atoms with Crippen LogP contribution in [0.4, 0.5) is 32.2 Å². The van der Waals surface area contributed by atoms with Crippen LogP contribution in [0.15, 0.2) is 24.3 Å². The summed E-state index contributed by atoms with van der Waals surface area (Å²) in [6, 6.07) is 6.18. The average Bonchev–Trinajstić information content (AvgIpc) is 2.58. The number of para-hydroxylation sites is 1. The quantitative estimate of drug-likeness (QED) is 0.737. The molecule has 146 valence electrons. The minimum Gasteiger partial charge on any atom is -0.352 e. The Morgan fingerprint density at radius 1 is 0.963 bits per heavy atom. The van der Waals surface area contributed by atoms with Crippen molar-refractivity contribution in [2.75, 3.05) is 31.1 Å². The molecule has 2 heterocycles. The number of carbonyl (C=O) groups is 1. The molecule has 5 nitrogen and oxygen atoms in total. The summed E-state index contributed by atoms with van der Waals surface area (Å²) in [5.41, 5.74) is 0.116. The number of piperazine rings is 1. The third-order valence-corrected chi connectivity index (χ3v) is 4.12. The first-order valence-electron chi connectivity index (χ1n) is 7.98. The molecular weight excluding hydrogens is 378 g/mol. The summed E-state index contributed by atoms with van der Waals surface area (Å²) in [5.74, 6) is -2.28. The number of nitrogens with zero attached hydrogens (tertiary/aromatic N) is 4. The Kier molecular flexibility index (Phi) is 4.87. The van der Waals surface area contributed by atoms with Gasteiger partial charge in [-0.05, 0) is 12.1 Å². The van der Waals surface area contributed by atoms with Gasteiger partial charge in [0.2, 0.25) is 11.7 Å². The zero-order chi connectivity index (χ0) is 19.8. The van der Waals surface area contributed by atoms with E-state index in [0.29, 0.717) is 5.39 Å². The molecule has 0 radical (unpaired) electrons. The van der Waals surface area contributed by atoms with Crippen molar-refractivity contribution in [1.82, 2.24) is 14.9 Å². The number of carbonyl (C=O) groups excluding carboxylic acids is 1. The molecule has 0 bridgehead atoms. The highest BCUT2D eigenvalue weighted by Crippen LogP contribution is 2.32. The molecular formula is C16H14F6N4O. The maximum absolute atomic E-state index is 13.1. The van der Waals surface area contributed by atoms with Crippen molar-refractivity contribution in [3.63, 3.8) is 0 Å². The predicted molar refractivity (Wildman–Crippen MR) is 84.0 cm³/mol. The summed E-state index contributed by atoms with van der Waals surface area (Å²) >= 11 is 0. The van der Waals surface area contributed by atoms with Crippen molar-refractivity contribution >= 4 is 22.6 Å². The lowest BCUT2D eigenvalue weighted by Gasteiger charge is -2.36. The normalized spacial score (nSPS) is 16.1. The monoisotopic (exact) mass is 392 g/mol. The first kappa shape index (κ1) is 19.2. The number of anilines is 1. The Hall–Kier alpha value is -2.59. The Morgan fingerprint density at radius 2 is 1.59 bits per heavy atom. The van der Waals surface area contributed by atoms with Crippen LogP contribution in [0, 0.1) is 0 Å². The number of benzene rings is 1. The second kappa shape index (κ2) is 6.86. The fraction of sp³-hybridized carbons (Fsp3) is 0.438. The molecule has 0 unspecified atom stereocenters. The molecule has 27 heavy (non-hydrogen) atoms. The van der Waals surface area contributed by atoms with E-state index < -0.39 is 30.5 Å². The fourth-order valence-electron chi connectivity index (χ4n) is 2.88. The van der Waals surface area contributed by atoms with Crippen LogP contribution in [0.1, 0.15) is 12.2 Å². The topological polar surface area (TPSA) is 49.3 Å². The van der Waals surface area contributed by atoms with Gasteiger partial charge in [-0.2, -0.15) is 26.3 Å². The van der Waals surface area contributed by atoms with Crippen LogP contribution in [0.25, 0.3) is 10.9 Å². The van der Waals surface area contributed by atoms with Gasteiger partial charge >= 0.3 is 12.4 Å². The summed E-state index contributed by atoms with van der Waals surface area (Å²) in [4.78, 5) is 21.4. The van der Waals surface area contributed by atoms with Crippen molar-refractivity contribution < 1.29 is 31.1 Å². The van der Waals surface area contributed by atoms with Gasteiger partial charge in [0.25, 0.3) is 0 Å². The van der Waals surface area contributed by atoms with Gasteiger partial charge in [0.15, 0.2) is 0 Å². The second-order valence-electron chi connectivity index (χ2n) is 6.05. The van der Waals surface area contributed by atoms with E-state index >= 15 is 0 Å². The summed E-state index contributed by atoms with van der Waals surface area (Å²) in [6.45, 7) is 0.0764. The van der Waals surface area contributed by atoms with Gasteiger partial charge in [0.1, 0.15) is 12.2 Å². The molecule has 1 aliphatic rings. The minimum atomic E-state index is -4.73. The Morgan fingerprint density at radius 3 is 2.19 bits per heavy atom. The molecule has 0 spiro atoms. The number of halogens is 6. The zero-order valence-electron chi connectivity index (χ0n) is 13.8. The van der Waals surface area contributed by atoms with Crippen molar-refractivity contribution in [1.29, 1.82) is 0 Å². The SMILES string of the molecule is O=C(CC(F)(F)F)N1CCN(c2nc(C(F)(F)F)nc3ccccc23)CC1. The summed E-state index contributed by atoms with van der Waals surface area (Å²) < 4.78 is 76.3. The van der Waals surface area contributed by atoms with Crippen LogP contribution in [-0.2, 0) is 11.0 Å². The molecule has 0 atom stereocenters. The van der Waals surface area contributed by atoms with E-state index in [0.717, 1.165) is 4.90 Å². The fourth-order valence-corrected chi connectivity index (χ4v) is 2.88. The summed E-state index contributed by atoms with van der Waals surface area (Å²) in [5, 5.41) is 0.403. The van der Waals surface area contributed by atoms with Gasteiger partial charge in [0, 0.05) is 31.6 Å². The Labute approximate surface area is 149 Å². The average molecular weight is 392 g/mol.